The summed E-state index contributed by atoms with van der Waals surface area (Å²) in [4.78, 5) is 14.2. The molecule has 2 aromatic rings. The van der Waals surface area contributed by atoms with Crippen molar-refractivity contribution in [1.29, 1.82) is 0 Å². The number of halogens is 2. The van der Waals surface area contributed by atoms with Gasteiger partial charge in [-0.05, 0) is 61.1 Å². The van der Waals surface area contributed by atoms with Gasteiger partial charge in [-0.25, -0.2) is 17.2 Å². The molecule has 2 aromatic carbocycles. The van der Waals surface area contributed by atoms with Gasteiger partial charge in [0.15, 0.2) is 0 Å². The Balaban J connectivity index is 1.46. The van der Waals surface area contributed by atoms with Crippen molar-refractivity contribution in [2.45, 2.75) is 30.6 Å². The third-order valence-corrected chi connectivity index (χ3v) is 7.49. The molecule has 0 N–H and O–H groups in total. The highest BCUT2D eigenvalue weighted by molar-refractivity contribution is 7.89. The van der Waals surface area contributed by atoms with Crippen molar-refractivity contribution in [2.24, 2.45) is 0 Å². The fraction of sp³-hybridized carbons (Fsp3) is 0.381. The van der Waals surface area contributed by atoms with E-state index in [0.29, 0.717) is 6.07 Å². The first kappa shape index (κ1) is 20.0. The second-order valence-electron chi connectivity index (χ2n) is 7.49. The summed E-state index contributed by atoms with van der Waals surface area (Å²) in [6.45, 7) is 0.619. The van der Waals surface area contributed by atoms with Crippen LogP contribution in [0.2, 0.25) is 0 Å². The molecule has 8 heteroatoms. The Kier molecular flexibility index (Phi) is 5.40. The van der Waals surface area contributed by atoms with E-state index in [4.69, 9.17) is 0 Å². The van der Waals surface area contributed by atoms with Gasteiger partial charge in [-0.15, -0.1) is 0 Å². The average molecular weight is 420 g/mol. The van der Waals surface area contributed by atoms with E-state index < -0.39 is 27.6 Å². The zero-order chi connectivity index (χ0) is 20.6. The van der Waals surface area contributed by atoms with E-state index in [9.17, 15) is 22.0 Å². The summed E-state index contributed by atoms with van der Waals surface area (Å²) in [5.74, 6) is -2.14. The summed E-state index contributed by atoms with van der Waals surface area (Å²) in [5, 5.41) is 0. The lowest BCUT2D eigenvalue weighted by atomic mass is 9.92. The second-order valence-corrected chi connectivity index (χ2v) is 9.43. The van der Waals surface area contributed by atoms with Crippen LogP contribution < -0.4 is 0 Å². The molecule has 0 saturated carbocycles. The van der Waals surface area contributed by atoms with Crippen LogP contribution in [-0.4, -0.2) is 49.7 Å². The van der Waals surface area contributed by atoms with Crippen molar-refractivity contribution < 1.29 is 22.0 Å². The van der Waals surface area contributed by atoms with Gasteiger partial charge in [-0.3, -0.25) is 4.79 Å². The van der Waals surface area contributed by atoms with E-state index in [1.54, 1.807) is 12.1 Å². The van der Waals surface area contributed by atoms with Crippen LogP contribution in [0, 0.1) is 11.6 Å². The van der Waals surface area contributed by atoms with Crippen molar-refractivity contribution in [1.82, 2.24) is 9.21 Å². The topological polar surface area (TPSA) is 57.7 Å². The van der Waals surface area contributed by atoms with E-state index in [1.807, 2.05) is 6.07 Å². The molecule has 2 aliphatic rings. The first-order chi connectivity index (χ1) is 13.8. The third kappa shape index (κ3) is 4.04. The van der Waals surface area contributed by atoms with Gasteiger partial charge < -0.3 is 4.90 Å². The molecule has 5 nitrogen and oxygen atoms in total. The van der Waals surface area contributed by atoms with Gasteiger partial charge in [0.05, 0.1) is 4.90 Å². The molecule has 1 saturated heterocycles. The van der Waals surface area contributed by atoms with Gasteiger partial charge in [0, 0.05) is 37.8 Å². The normalized spacial score (nSPS) is 17.8. The maximum atomic E-state index is 13.4. The van der Waals surface area contributed by atoms with Crippen molar-refractivity contribution >= 4 is 15.9 Å². The number of amides is 1. The minimum atomic E-state index is -3.65. The molecule has 1 aliphatic carbocycles. The summed E-state index contributed by atoms with van der Waals surface area (Å²) >= 11 is 0. The number of piperazine rings is 1. The highest BCUT2D eigenvalue weighted by atomic mass is 32.2. The molecular formula is C21H22F2N2O3S. The summed E-state index contributed by atoms with van der Waals surface area (Å²) in [6, 6.07) is 8.02. The molecule has 0 bridgehead atoms. The van der Waals surface area contributed by atoms with Crippen LogP contribution in [0.3, 0.4) is 0 Å². The van der Waals surface area contributed by atoms with Crippen LogP contribution in [-0.2, 0) is 22.9 Å². The Hall–Kier alpha value is -2.32. The third-order valence-electron chi connectivity index (χ3n) is 5.59. The fourth-order valence-electron chi connectivity index (χ4n) is 4.01. The number of sulfonamides is 1. The molecule has 1 heterocycles. The molecule has 0 spiro atoms. The van der Waals surface area contributed by atoms with Crippen LogP contribution in [0.4, 0.5) is 8.78 Å². The first-order valence-electron chi connectivity index (χ1n) is 9.72. The van der Waals surface area contributed by atoms with Gasteiger partial charge in [0.2, 0.25) is 10.0 Å². The van der Waals surface area contributed by atoms with Gasteiger partial charge >= 0.3 is 0 Å². The molecule has 0 unspecified atom stereocenters. The minimum absolute atomic E-state index is 0.0755. The highest BCUT2D eigenvalue weighted by Gasteiger charge is 2.31. The Morgan fingerprint density at radius 3 is 2.10 bits per heavy atom. The maximum absolute atomic E-state index is 13.4. The van der Waals surface area contributed by atoms with E-state index in [-0.39, 0.29) is 36.6 Å². The maximum Gasteiger partial charge on any atom is 0.254 e. The second kappa shape index (κ2) is 7.84. The number of hydrogen-bond acceptors (Lipinski definition) is 3. The SMILES string of the molecule is O=C(c1cc(F)cc(F)c1)N1CCN(S(=O)(=O)c2ccc3c(c2)CCCC3)CC1. The molecule has 0 atom stereocenters. The lowest BCUT2D eigenvalue weighted by molar-refractivity contribution is 0.0697. The van der Waals surface area contributed by atoms with E-state index in [0.717, 1.165) is 43.4 Å². The monoisotopic (exact) mass is 420 g/mol. The van der Waals surface area contributed by atoms with E-state index in [2.05, 4.69) is 0 Å². The Bertz CT molecular complexity index is 1030. The summed E-state index contributed by atoms with van der Waals surface area (Å²) in [6.07, 6.45) is 4.07. The molecule has 1 aliphatic heterocycles. The summed E-state index contributed by atoms with van der Waals surface area (Å²) < 4.78 is 54.2. The van der Waals surface area contributed by atoms with Crippen molar-refractivity contribution in [2.75, 3.05) is 26.2 Å². The highest BCUT2D eigenvalue weighted by Crippen LogP contribution is 2.26. The Morgan fingerprint density at radius 1 is 0.828 bits per heavy atom. The van der Waals surface area contributed by atoms with Crippen molar-refractivity contribution in [3.63, 3.8) is 0 Å². The molecule has 1 fully saturated rings. The molecule has 0 aromatic heterocycles. The number of carbonyl (C=O) groups excluding carboxylic acids is 1. The fourth-order valence-corrected chi connectivity index (χ4v) is 5.48. The van der Waals surface area contributed by atoms with Crippen LogP contribution in [0.5, 0.6) is 0 Å². The number of aryl methyl sites for hydroxylation is 2. The van der Waals surface area contributed by atoms with Crippen molar-refractivity contribution in [3.8, 4) is 0 Å². The number of hydrogen-bond donors (Lipinski definition) is 0. The first-order valence-corrected chi connectivity index (χ1v) is 11.2. The van der Waals surface area contributed by atoms with Crippen LogP contribution in [0.25, 0.3) is 0 Å². The summed E-state index contributed by atoms with van der Waals surface area (Å²) in [7, 11) is -3.65. The van der Waals surface area contributed by atoms with Gasteiger partial charge in [0.25, 0.3) is 5.91 Å². The Morgan fingerprint density at radius 2 is 1.45 bits per heavy atom. The Labute approximate surface area is 169 Å². The standard InChI is InChI=1S/C21H22F2N2O3S/c22-18-11-17(12-19(23)14-18)21(26)24-7-9-25(10-8-24)29(27,28)20-6-5-15-3-1-2-4-16(15)13-20/h5-6,11-14H,1-4,7-10H2. The van der Waals surface area contributed by atoms with Crippen molar-refractivity contribution in [3.05, 3.63) is 64.7 Å². The molecule has 4 rings (SSSR count). The quantitative estimate of drug-likeness (QED) is 0.767. The minimum Gasteiger partial charge on any atom is -0.336 e. The molecule has 1 amide bonds. The van der Waals surface area contributed by atoms with E-state index in [1.165, 1.54) is 14.8 Å². The zero-order valence-electron chi connectivity index (χ0n) is 15.9. The zero-order valence-corrected chi connectivity index (χ0v) is 16.7. The molecule has 0 radical (unpaired) electrons. The van der Waals surface area contributed by atoms with Crippen LogP contribution in [0.15, 0.2) is 41.3 Å². The van der Waals surface area contributed by atoms with Crippen LogP contribution >= 0.6 is 0 Å². The number of benzene rings is 2. The lowest BCUT2D eigenvalue weighted by Gasteiger charge is -2.34. The number of nitrogens with zero attached hydrogens (tertiary/aromatic N) is 2. The number of fused-ring (bicyclic) bond motifs is 1. The predicted molar refractivity (Wildman–Crippen MR) is 104 cm³/mol. The molecule has 154 valence electrons. The largest absolute Gasteiger partial charge is 0.336 e. The molecule has 29 heavy (non-hydrogen) atoms. The molecular weight excluding hydrogens is 398 g/mol. The number of carbonyl (C=O) groups is 1. The number of rotatable bonds is 3. The van der Waals surface area contributed by atoms with Gasteiger partial charge in [-0.2, -0.15) is 4.31 Å². The summed E-state index contributed by atoms with van der Waals surface area (Å²) in [5.41, 5.74) is 2.24. The lowest BCUT2D eigenvalue weighted by Crippen LogP contribution is -2.50. The van der Waals surface area contributed by atoms with E-state index >= 15 is 0 Å². The van der Waals surface area contributed by atoms with Crippen LogP contribution in [0.1, 0.15) is 34.3 Å². The average Bonchev–Trinajstić information content (AvgIpc) is 2.72. The predicted octanol–water partition coefficient (Wildman–Crippen LogP) is 2.99. The smallest absolute Gasteiger partial charge is 0.254 e. The van der Waals surface area contributed by atoms with Gasteiger partial charge in [-0.1, -0.05) is 6.07 Å². The van der Waals surface area contributed by atoms with Gasteiger partial charge in [0.1, 0.15) is 11.6 Å².